The molecule has 0 radical (unpaired) electrons. The molecule has 1 aromatic rings. The summed E-state index contributed by atoms with van der Waals surface area (Å²) in [7, 11) is 3.26. The molecule has 1 aromatic carbocycles. The molecule has 0 amide bonds. The minimum absolute atomic E-state index is 0.0908. The zero-order valence-electron chi connectivity index (χ0n) is 11.5. The summed E-state index contributed by atoms with van der Waals surface area (Å²) in [5.41, 5.74) is 1.13. The quantitative estimate of drug-likeness (QED) is 0.784. The normalized spacial score (nSPS) is 13.5. The summed E-state index contributed by atoms with van der Waals surface area (Å²) in [6, 6.07) is 6.16. The summed E-state index contributed by atoms with van der Waals surface area (Å²) in [5, 5.41) is 3.39. The van der Waals surface area contributed by atoms with Crippen molar-refractivity contribution >= 4 is 0 Å². The van der Waals surface area contributed by atoms with Crippen LogP contribution >= 0.6 is 0 Å². The van der Waals surface area contributed by atoms with Gasteiger partial charge in [0, 0.05) is 6.04 Å². The molecule has 18 heavy (non-hydrogen) atoms. The molecular formula is C15H21NO2. The molecule has 98 valence electrons. The highest BCUT2D eigenvalue weighted by Gasteiger charge is 2.12. The summed E-state index contributed by atoms with van der Waals surface area (Å²) in [6.07, 6.45) is 6.37. The molecule has 0 aliphatic heterocycles. The molecular weight excluding hydrogens is 226 g/mol. The smallest absolute Gasteiger partial charge is 0.161 e. The molecule has 3 heteroatoms. The van der Waals surface area contributed by atoms with Gasteiger partial charge in [0.1, 0.15) is 0 Å². The van der Waals surface area contributed by atoms with E-state index in [2.05, 4.69) is 25.1 Å². The van der Waals surface area contributed by atoms with Crippen LogP contribution in [0.4, 0.5) is 0 Å². The number of methoxy groups -OCH3 is 2. The molecule has 0 saturated heterocycles. The lowest BCUT2D eigenvalue weighted by molar-refractivity contribution is 0.354. The summed E-state index contributed by atoms with van der Waals surface area (Å²) in [6.45, 7) is 4.15. The van der Waals surface area contributed by atoms with Crippen LogP contribution in [0.25, 0.3) is 0 Å². The van der Waals surface area contributed by atoms with E-state index in [0.717, 1.165) is 23.5 Å². The molecule has 0 heterocycles. The third-order valence-electron chi connectivity index (χ3n) is 2.97. The second-order valence-electron chi connectivity index (χ2n) is 4.13. The van der Waals surface area contributed by atoms with Crippen molar-refractivity contribution in [2.45, 2.75) is 32.4 Å². The lowest BCUT2D eigenvalue weighted by Crippen LogP contribution is -2.29. The van der Waals surface area contributed by atoms with E-state index < -0.39 is 0 Å². The largest absolute Gasteiger partial charge is 0.493 e. The number of nitrogens with one attached hydrogen (secondary N) is 1. The highest BCUT2D eigenvalue weighted by molar-refractivity contribution is 5.43. The number of hydrogen-bond acceptors (Lipinski definition) is 3. The second-order valence-corrected chi connectivity index (χ2v) is 4.13. The molecule has 0 aliphatic carbocycles. The van der Waals surface area contributed by atoms with Crippen LogP contribution in [-0.2, 0) is 0 Å². The lowest BCUT2D eigenvalue weighted by Gasteiger charge is -2.19. The fourth-order valence-corrected chi connectivity index (χ4v) is 1.80. The van der Waals surface area contributed by atoms with Gasteiger partial charge in [-0.05, 0) is 31.0 Å². The van der Waals surface area contributed by atoms with Crippen molar-refractivity contribution < 1.29 is 9.47 Å². The van der Waals surface area contributed by atoms with E-state index in [1.54, 1.807) is 14.2 Å². The Hall–Kier alpha value is -1.66. The van der Waals surface area contributed by atoms with Gasteiger partial charge in [0.15, 0.2) is 11.5 Å². The van der Waals surface area contributed by atoms with Gasteiger partial charge >= 0.3 is 0 Å². The molecule has 0 aliphatic rings. The first-order valence-electron chi connectivity index (χ1n) is 6.10. The number of terminal acetylenes is 1. The maximum Gasteiger partial charge on any atom is 0.161 e. The molecule has 1 N–H and O–H groups in total. The van der Waals surface area contributed by atoms with Gasteiger partial charge in [-0.25, -0.2) is 0 Å². The minimum Gasteiger partial charge on any atom is -0.493 e. The van der Waals surface area contributed by atoms with Gasteiger partial charge in [0.2, 0.25) is 0 Å². The Balaban J connectivity index is 2.86. The Labute approximate surface area is 109 Å². The Morgan fingerprint density at radius 2 is 1.94 bits per heavy atom. The molecule has 3 nitrogen and oxygen atoms in total. The van der Waals surface area contributed by atoms with Gasteiger partial charge in [0.05, 0.1) is 20.3 Å². The summed E-state index contributed by atoms with van der Waals surface area (Å²) in [4.78, 5) is 0. The topological polar surface area (TPSA) is 30.5 Å². The van der Waals surface area contributed by atoms with E-state index in [1.165, 1.54) is 0 Å². The summed E-state index contributed by atoms with van der Waals surface area (Å²) < 4.78 is 10.5. The van der Waals surface area contributed by atoms with Crippen LogP contribution in [0, 0.1) is 12.3 Å². The van der Waals surface area contributed by atoms with Crippen molar-refractivity contribution in [1.29, 1.82) is 0 Å². The van der Waals surface area contributed by atoms with Crippen LogP contribution in [0.5, 0.6) is 11.5 Å². The lowest BCUT2D eigenvalue weighted by atomic mass is 10.1. The average molecular weight is 247 g/mol. The Bertz CT molecular complexity index is 423. The van der Waals surface area contributed by atoms with Crippen molar-refractivity contribution in [1.82, 2.24) is 5.32 Å². The molecule has 2 atom stereocenters. The van der Waals surface area contributed by atoms with Crippen LogP contribution in [-0.4, -0.2) is 20.3 Å². The van der Waals surface area contributed by atoms with E-state index in [0.29, 0.717) is 0 Å². The predicted octanol–water partition coefficient (Wildman–Crippen LogP) is 2.77. The molecule has 0 fully saturated rings. The van der Waals surface area contributed by atoms with Crippen molar-refractivity contribution in [2.24, 2.45) is 0 Å². The van der Waals surface area contributed by atoms with Crippen LogP contribution in [0.15, 0.2) is 18.2 Å². The van der Waals surface area contributed by atoms with Gasteiger partial charge < -0.3 is 9.47 Å². The molecule has 0 spiro atoms. The average Bonchev–Trinajstić information content (AvgIpc) is 2.43. The molecule has 0 saturated carbocycles. The van der Waals surface area contributed by atoms with Crippen molar-refractivity contribution in [2.75, 3.05) is 14.2 Å². The van der Waals surface area contributed by atoms with Gasteiger partial charge in [-0.1, -0.05) is 18.9 Å². The molecule has 0 bridgehead atoms. The van der Waals surface area contributed by atoms with Crippen LogP contribution in [0.1, 0.15) is 31.9 Å². The highest BCUT2D eigenvalue weighted by atomic mass is 16.5. The minimum atomic E-state index is 0.0908. The number of ether oxygens (including phenoxy) is 2. The Morgan fingerprint density at radius 1 is 1.28 bits per heavy atom. The molecule has 1 rings (SSSR count). The molecule has 2 unspecified atom stereocenters. The van der Waals surface area contributed by atoms with E-state index in [-0.39, 0.29) is 12.1 Å². The summed E-state index contributed by atoms with van der Waals surface area (Å²) >= 11 is 0. The Morgan fingerprint density at radius 3 is 2.44 bits per heavy atom. The number of hydrogen-bond donors (Lipinski definition) is 1. The third-order valence-corrected chi connectivity index (χ3v) is 2.97. The van der Waals surface area contributed by atoms with E-state index >= 15 is 0 Å². The first-order chi connectivity index (χ1) is 8.65. The maximum atomic E-state index is 5.45. The van der Waals surface area contributed by atoms with E-state index in [1.807, 2.05) is 18.2 Å². The Kier molecular flexibility index (Phi) is 5.54. The van der Waals surface area contributed by atoms with Crippen LogP contribution < -0.4 is 14.8 Å². The first-order valence-corrected chi connectivity index (χ1v) is 6.10. The zero-order chi connectivity index (χ0) is 13.5. The zero-order valence-corrected chi connectivity index (χ0v) is 11.5. The fourth-order valence-electron chi connectivity index (χ4n) is 1.80. The van der Waals surface area contributed by atoms with Gasteiger partial charge in [-0.2, -0.15) is 0 Å². The van der Waals surface area contributed by atoms with Gasteiger partial charge in [-0.15, -0.1) is 6.42 Å². The standard InChI is InChI=1S/C15H21NO2/c1-6-13(7-2)16-11(3)12-8-9-14(17-4)15(10-12)18-5/h1,8-11,13,16H,7H2,2-5H3. The van der Waals surface area contributed by atoms with E-state index in [9.17, 15) is 0 Å². The maximum absolute atomic E-state index is 5.45. The van der Waals surface area contributed by atoms with E-state index in [4.69, 9.17) is 15.9 Å². The third kappa shape index (κ3) is 3.41. The monoisotopic (exact) mass is 247 g/mol. The van der Waals surface area contributed by atoms with Crippen LogP contribution in [0.3, 0.4) is 0 Å². The summed E-state index contributed by atoms with van der Waals surface area (Å²) in [5.74, 6) is 4.20. The second kappa shape index (κ2) is 6.93. The number of benzene rings is 1. The highest BCUT2D eigenvalue weighted by Crippen LogP contribution is 2.29. The molecule has 0 aromatic heterocycles. The SMILES string of the molecule is C#CC(CC)NC(C)c1ccc(OC)c(OC)c1. The van der Waals surface area contributed by atoms with Gasteiger partial charge in [0.25, 0.3) is 0 Å². The predicted molar refractivity (Wildman–Crippen MR) is 74.0 cm³/mol. The fraction of sp³-hybridized carbons (Fsp3) is 0.467. The van der Waals surface area contributed by atoms with Gasteiger partial charge in [-0.3, -0.25) is 5.32 Å². The first kappa shape index (κ1) is 14.4. The van der Waals surface area contributed by atoms with Crippen molar-refractivity contribution in [3.05, 3.63) is 23.8 Å². The number of rotatable bonds is 6. The van der Waals surface area contributed by atoms with Crippen molar-refractivity contribution in [3.8, 4) is 23.8 Å². The van der Waals surface area contributed by atoms with Crippen LogP contribution in [0.2, 0.25) is 0 Å². The van der Waals surface area contributed by atoms with Crippen molar-refractivity contribution in [3.63, 3.8) is 0 Å².